The second-order valence-corrected chi connectivity index (χ2v) is 4.83. The van der Waals surface area contributed by atoms with Crippen LogP contribution in [0.5, 0.6) is 0 Å². The van der Waals surface area contributed by atoms with E-state index in [4.69, 9.17) is 13.6 Å². The van der Waals surface area contributed by atoms with Crippen LogP contribution >= 0.6 is 7.82 Å². The molecule has 0 aromatic heterocycles. The molecule has 0 atom stereocenters. The molecular weight excluding hydrogens is 213 g/mol. The molecule has 1 aliphatic rings. The number of nitro groups is 1. The third-order valence-electron chi connectivity index (χ3n) is 1.80. The third-order valence-corrected chi connectivity index (χ3v) is 3.26. The van der Waals surface area contributed by atoms with Crippen molar-refractivity contribution in [3.05, 3.63) is 10.1 Å². The van der Waals surface area contributed by atoms with E-state index in [0.29, 0.717) is 0 Å². The van der Waals surface area contributed by atoms with Crippen LogP contribution in [0.1, 0.15) is 13.8 Å². The number of hydrogen-bond acceptors (Lipinski definition) is 6. The average molecular weight is 225 g/mol. The summed E-state index contributed by atoms with van der Waals surface area (Å²) in [5.74, 6) is 0. The van der Waals surface area contributed by atoms with E-state index in [0.717, 1.165) is 0 Å². The van der Waals surface area contributed by atoms with Gasteiger partial charge in [-0.3, -0.25) is 23.7 Å². The summed E-state index contributed by atoms with van der Waals surface area (Å²) in [6.07, 6.45) is 0. The van der Waals surface area contributed by atoms with E-state index in [2.05, 4.69) is 0 Å². The zero-order valence-corrected chi connectivity index (χ0v) is 8.86. The molecule has 0 unspecified atom stereocenters. The molecule has 1 rings (SSSR count). The van der Waals surface area contributed by atoms with Crippen molar-refractivity contribution in [1.82, 2.24) is 0 Å². The maximum atomic E-state index is 11.5. The van der Waals surface area contributed by atoms with Crippen molar-refractivity contribution >= 4 is 7.82 Å². The van der Waals surface area contributed by atoms with Gasteiger partial charge < -0.3 is 0 Å². The van der Waals surface area contributed by atoms with E-state index < -0.39 is 18.3 Å². The molecule has 82 valence electrons. The van der Waals surface area contributed by atoms with Gasteiger partial charge in [-0.2, -0.15) is 0 Å². The van der Waals surface area contributed by atoms with Crippen molar-refractivity contribution in [3.63, 3.8) is 0 Å². The van der Waals surface area contributed by atoms with Crippen molar-refractivity contribution in [1.29, 1.82) is 0 Å². The molecule has 0 saturated carbocycles. The summed E-state index contributed by atoms with van der Waals surface area (Å²) in [6.45, 7) is 2.64. The summed E-state index contributed by atoms with van der Waals surface area (Å²) in [5, 5.41) is 10.6. The summed E-state index contributed by atoms with van der Waals surface area (Å²) in [6, 6.07) is 0. The van der Waals surface area contributed by atoms with Crippen molar-refractivity contribution in [2.45, 2.75) is 19.4 Å². The predicted octanol–water partition coefficient (Wildman–Crippen LogP) is 1.21. The Morgan fingerprint density at radius 1 is 1.57 bits per heavy atom. The van der Waals surface area contributed by atoms with Crippen molar-refractivity contribution in [2.24, 2.45) is 0 Å². The van der Waals surface area contributed by atoms with Crippen LogP contribution in [0.4, 0.5) is 0 Å². The first-order valence-corrected chi connectivity index (χ1v) is 5.56. The fraction of sp³-hybridized carbons (Fsp3) is 1.00. The largest absolute Gasteiger partial charge is 0.475 e. The normalized spacial score (nSPS) is 38.1. The SMILES string of the molecule is CCOP1(=O)OCC(C)([N+](=O)[O-])CO1. The van der Waals surface area contributed by atoms with Crippen molar-refractivity contribution in [3.8, 4) is 0 Å². The topological polar surface area (TPSA) is 87.9 Å². The lowest BCUT2D eigenvalue weighted by Gasteiger charge is -2.29. The average Bonchev–Trinajstić information content (AvgIpc) is 2.11. The van der Waals surface area contributed by atoms with Gasteiger partial charge in [-0.15, -0.1) is 0 Å². The van der Waals surface area contributed by atoms with Gasteiger partial charge in [0.1, 0.15) is 13.2 Å². The predicted molar refractivity (Wildman–Crippen MR) is 46.5 cm³/mol. The van der Waals surface area contributed by atoms with Gasteiger partial charge in [0.05, 0.1) is 6.61 Å². The zero-order valence-electron chi connectivity index (χ0n) is 7.97. The molecule has 1 fully saturated rings. The molecule has 0 amide bonds. The fourth-order valence-electron chi connectivity index (χ4n) is 0.853. The van der Waals surface area contributed by atoms with Crippen LogP contribution in [-0.4, -0.2) is 30.3 Å². The molecule has 1 saturated heterocycles. The molecule has 0 aromatic rings. The van der Waals surface area contributed by atoms with Crippen molar-refractivity contribution in [2.75, 3.05) is 19.8 Å². The first-order chi connectivity index (χ1) is 6.42. The third kappa shape index (κ3) is 2.30. The molecule has 14 heavy (non-hydrogen) atoms. The Morgan fingerprint density at radius 3 is 2.43 bits per heavy atom. The molecule has 0 aromatic carbocycles. The minimum Gasteiger partial charge on any atom is -0.287 e. The Bertz CT molecular complexity index is 267. The lowest BCUT2D eigenvalue weighted by atomic mass is 10.1. The van der Waals surface area contributed by atoms with Gasteiger partial charge in [-0.25, -0.2) is 4.57 Å². The fourth-order valence-corrected chi connectivity index (χ4v) is 2.27. The molecule has 0 spiro atoms. The van der Waals surface area contributed by atoms with Crippen LogP contribution in [0.25, 0.3) is 0 Å². The molecule has 0 radical (unpaired) electrons. The van der Waals surface area contributed by atoms with E-state index in [-0.39, 0.29) is 19.8 Å². The quantitative estimate of drug-likeness (QED) is 0.407. The smallest absolute Gasteiger partial charge is 0.287 e. The highest BCUT2D eigenvalue weighted by molar-refractivity contribution is 7.48. The standard InChI is InChI=1S/C6H12NO6P/c1-3-11-14(10)12-4-6(2,5-13-14)7(8)9/h3-5H2,1-2H3. The van der Waals surface area contributed by atoms with Crippen LogP contribution in [0.2, 0.25) is 0 Å². The van der Waals surface area contributed by atoms with E-state index in [9.17, 15) is 14.7 Å². The molecular formula is C6H12NO6P. The van der Waals surface area contributed by atoms with Crippen LogP contribution in [0.15, 0.2) is 0 Å². The maximum Gasteiger partial charge on any atom is 0.475 e. The number of phosphoric ester groups is 1. The van der Waals surface area contributed by atoms with Gasteiger partial charge in [0.25, 0.3) is 5.54 Å². The summed E-state index contributed by atoms with van der Waals surface area (Å²) >= 11 is 0. The van der Waals surface area contributed by atoms with E-state index >= 15 is 0 Å². The molecule has 7 nitrogen and oxygen atoms in total. The number of hydrogen-bond donors (Lipinski definition) is 0. The van der Waals surface area contributed by atoms with Crippen LogP contribution < -0.4 is 0 Å². The minimum absolute atomic E-state index is 0.173. The Labute approximate surface area is 81.1 Å². The Morgan fingerprint density at radius 2 is 2.07 bits per heavy atom. The van der Waals surface area contributed by atoms with Crippen molar-refractivity contribution < 1.29 is 23.1 Å². The molecule has 8 heteroatoms. The van der Waals surface area contributed by atoms with Gasteiger partial charge >= 0.3 is 7.82 Å². The Kier molecular flexibility index (Phi) is 3.26. The van der Waals surface area contributed by atoms with Crippen LogP contribution in [0, 0.1) is 10.1 Å². The summed E-state index contributed by atoms with van der Waals surface area (Å²) in [4.78, 5) is 10.0. The van der Waals surface area contributed by atoms with Gasteiger partial charge in [0.2, 0.25) is 0 Å². The second kappa shape index (κ2) is 3.94. The molecule has 0 bridgehead atoms. The number of rotatable bonds is 3. The van der Waals surface area contributed by atoms with E-state index in [1.807, 2.05) is 0 Å². The number of nitrogens with zero attached hydrogens (tertiary/aromatic N) is 1. The number of phosphoric acid groups is 1. The Hall–Kier alpha value is -0.490. The van der Waals surface area contributed by atoms with Gasteiger partial charge in [0, 0.05) is 11.8 Å². The summed E-state index contributed by atoms with van der Waals surface area (Å²) in [7, 11) is -3.54. The first kappa shape index (κ1) is 11.6. The highest BCUT2D eigenvalue weighted by atomic mass is 31.2. The highest BCUT2D eigenvalue weighted by Crippen LogP contribution is 2.53. The van der Waals surface area contributed by atoms with Crippen LogP contribution in [0.3, 0.4) is 0 Å². The zero-order chi connectivity index (χ0) is 10.8. The van der Waals surface area contributed by atoms with Gasteiger partial charge in [-0.05, 0) is 6.92 Å². The molecule has 1 heterocycles. The lowest BCUT2D eigenvalue weighted by Crippen LogP contribution is -2.46. The molecule has 1 aliphatic heterocycles. The second-order valence-electron chi connectivity index (χ2n) is 3.17. The minimum atomic E-state index is -3.54. The summed E-state index contributed by atoms with van der Waals surface area (Å²) < 4.78 is 25.7. The summed E-state index contributed by atoms with van der Waals surface area (Å²) in [5.41, 5.74) is -1.34. The lowest BCUT2D eigenvalue weighted by molar-refractivity contribution is -0.573. The van der Waals surface area contributed by atoms with Gasteiger partial charge in [0.15, 0.2) is 0 Å². The molecule has 0 N–H and O–H groups in total. The van der Waals surface area contributed by atoms with E-state index in [1.54, 1.807) is 6.92 Å². The Balaban J connectivity index is 2.62. The monoisotopic (exact) mass is 225 g/mol. The highest BCUT2D eigenvalue weighted by Gasteiger charge is 2.48. The molecule has 0 aliphatic carbocycles. The maximum absolute atomic E-state index is 11.5. The first-order valence-electron chi connectivity index (χ1n) is 4.10. The van der Waals surface area contributed by atoms with E-state index in [1.165, 1.54) is 6.92 Å². The van der Waals surface area contributed by atoms with Gasteiger partial charge in [-0.1, -0.05) is 0 Å². The van der Waals surface area contributed by atoms with Crippen LogP contribution in [-0.2, 0) is 18.1 Å².